The fourth-order valence-electron chi connectivity index (χ4n) is 3.63. The van der Waals surface area contributed by atoms with E-state index in [0.717, 1.165) is 42.8 Å². The van der Waals surface area contributed by atoms with Gasteiger partial charge in [-0.25, -0.2) is 4.79 Å². The van der Waals surface area contributed by atoms with Gasteiger partial charge in [0.15, 0.2) is 11.5 Å². The van der Waals surface area contributed by atoms with Crippen molar-refractivity contribution in [1.29, 1.82) is 0 Å². The number of aromatic amines is 1. The molecule has 0 atom stereocenters. The number of benzene rings is 1. The number of para-hydroxylation sites is 2. The van der Waals surface area contributed by atoms with E-state index in [0.29, 0.717) is 5.69 Å². The van der Waals surface area contributed by atoms with Gasteiger partial charge in [-0.3, -0.25) is 9.36 Å². The van der Waals surface area contributed by atoms with Gasteiger partial charge >= 0.3 is 5.69 Å². The minimum Gasteiger partial charge on any atom is -0.355 e. The molecular formula is C19H22N6O2. The molecule has 8 nitrogen and oxygen atoms in total. The molecule has 140 valence electrons. The second-order valence-electron chi connectivity index (χ2n) is 7.01. The quantitative estimate of drug-likeness (QED) is 0.762. The third-order valence-corrected chi connectivity index (χ3v) is 5.05. The zero-order valence-corrected chi connectivity index (χ0v) is 15.4. The highest BCUT2D eigenvalue weighted by atomic mass is 16.2. The Hall–Kier alpha value is -3.16. The molecule has 0 saturated carbocycles. The number of amides is 1. The molecule has 2 aromatic heterocycles. The van der Waals surface area contributed by atoms with Crippen LogP contribution in [0.25, 0.3) is 11.0 Å². The number of rotatable bonds is 3. The second kappa shape index (κ2) is 6.86. The van der Waals surface area contributed by atoms with Crippen molar-refractivity contribution in [3.8, 4) is 0 Å². The third-order valence-electron chi connectivity index (χ3n) is 5.05. The molecule has 0 spiro atoms. The number of anilines is 1. The first-order valence-electron chi connectivity index (χ1n) is 9.04. The van der Waals surface area contributed by atoms with Crippen LogP contribution in [0.15, 0.2) is 41.2 Å². The van der Waals surface area contributed by atoms with E-state index in [4.69, 9.17) is 0 Å². The summed E-state index contributed by atoms with van der Waals surface area (Å²) in [5, 5.41) is 8.27. The van der Waals surface area contributed by atoms with Crippen LogP contribution in [0.5, 0.6) is 0 Å². The van der Waals surface area contributed by atoms with Gasteiger partial charge < -0.3 is 14.8 Å². The Bertz CT molecular complexity index is 1010. The Kier molecular flexibility index (Phi) is 4.39. The zero-order chi connectivity index (χ0) is 19.0. The number of H-pyrrole nitrogens is 1. The molecule has 8 heteroatoms. The van der Waals surface area contributed by atoms with Crippen molar-refractivity contribution >= 4 is 22.8 Å². The zero-order valence-electron chi connectivity index (χ0n) is 15.4. The van der Waals surface area contributed by atoms with Crippen LogP contribution in [0.3, 0.4) is 0 Å². The molecule has 1 amide bonds. The summed E-state index contributed by atoms with van der Waals surface area (Å²) >= 11 is 0. The van der Waals surface area contributed by atoms with Gasteiger partial charge in [0.2, 0.25) is 0 Å². The van der Waals surface area contributed by atoms with E-state index in [-0.39, 0.29) is 17.6 Å². The topological polar surface area (TPSA) is 87.1 Å². The number of hydrogen-bond acceptors (Lipinski definition) is 5. The van der Waals surface area contributed by atoms with Gasteiger partial charge in [0.1, 0.15) is 0 Å². The minimum atomic E-state index is -0.161. The van der Waals surface area contributed by atoms with Gasteiger partial charge in [-0.05, 0) is 37.1 Å². The van der Waals surface area contributed by atoms with E-state index in [9.17, 15) is 9.59 Å². The Labute approximate surface area is 156 Å². The van der Waals surface area contributed by atoms with Crippen molar-refractivity contribution < 1.29 is 4.79 Å². The summed E-state index contributed by atoms with van der Waals surface area (Å²) in [4.78, 5) is 30.9. The fraction of sp³-hybridized carbons (Fsp3) is 0.368. The molecular weight excluding hydrogens is 344 g/mol. The predicted octanol–water partition coefficient (Wildman–Crippen LogP) is 1.66. The highest BCUT2D eigenvalue weighted by Crippen LogP contribution is 2.26. The Morgan fingerprint density at radius 1 is 1.11 bits per heavy atom. The molecule has 1 aromatic carbocycles. The average Bonchev–Trinajstić information content (AvgIpc) is 3.03. The van der Waals surface area contributed by atoms with Crippen molar-refractivity contribution in [2.45, 2.75) is 18.9 Å². The summed E-state index contributed by atoms with van der Waals surface area (Å²) in [7, 11) is 3.38. The highest BCUT2D eigenvalue weighted by Gasteiger charge is 2.24. The van der Waals surface area contributed by atoms with E-state index in [2.05, 4.69) is 20.1 Å². The number of nitrogens with zero attached hydrogens (tertiary/aromatic N) is 5. The molecule has 0 aliphatic carbocycles. The lowest BCUT2D eigenvalue weighted by Gasteiger charge is -2.33. The van der Waals surface area contributed by atoms with E-state index in [1.165, 1.54) is 4.90 Å². The molecule has 0 bridgehead atoms. The van der Waals surface area contributed by atoms with Gasteiger partial charge in [0.25, 0.3) is 5.91 Å². The van der Waals surface area contributed by atoms with Crippen LogP contribution in [0.2, 0.25) is 0 Å². The van der Waals surface area contributed by atoms with Gasteiger partial charge in [0, 0.05) is 33.2 Å². The largest absolute Gasteiger partial charge is 0.355 e. The Morgan fingerprint density at radius 3 is 2.52 bits per heavy atom. The number of carbonyl (C=O) groups excluding carboxylic acids is 1. The molecule has 3 aromatic rings. The first kappa shape index (κ1) is 17.3. The molecule has 27 heavy (non-hydrogen) atoms. The molecule has 0 radical (unpaired) electrons. The summed E-state index contributed by atoms with van der Waals surface area (Å²) < 4.78 is 1.87. The van der Waals surface area contributed by atoms with E-state index in [1.54, 1.807) is 20.2 Å². The van der Waals surface area contributed by atoms with Crippen LogP contribution < -0.4 is 10.6 Å². The van der Waals surface area contributed by atoms with Crippen LogP contribution in [-0.4, -0.2) is 57.7 Å². The minimum absolute atomic E-state index is 0.0546. The van der Waals surface area contributed by atoms with Gasteiger partial charge in [0.05, 0.1) is 11.0 Å². The van der Waals surface area contributed by atoms with Crippen LogP contribution in [0.4, 0.5) is 5.82 Å². The summed E-state index contributed by atoms with van der Waals surface area (Å²) in [6, 6.07) is 11.5. The normalized spacial score (nSPS) is 15.3. The fourth-order valence-corrected chi connectivity index (χ4v) is 3.63. The molecule has 1 saturated heterocycles. The lowest BCUT2D eigenvalue weighted by atomic mass is 10.0. The maximum Gasteiger partial charge on any atom is 0.326 e. The van der Waals surface area contributed by atoms with Crippen LogP contribution in [0.1, 0.15) is 29.4 Å². The van der Waals surface area contributed by atoms with Crippen molar-refractivity contribution in [3.63, 3.8) is 0 Å². The predicted molar refractivity (Wildman–Crippen MR) is 103 cm³/mol. The molecule has 1 aliphatic heterocycles. The van der Waals surface area contributed by atoms with Crippen LogP contribution >= 0.6 is 0 Å². The van der Waals surface area contributed by atoms with Gasteiger partial charge in [-0.2, -0.15) is 0 Å². The Morgan fingerprint density at radius 2 is 1.85 bits per heavy atom. The summed E-state index contributed by atoms with van der Waals surface area (Å²) in [6.45, 7) is 1.57. The summed E-state index contributed by atoms with van der Waals surface area (Å²) in [5.74, 6) is 0.599. The average molecular weight is 366 g/mol. The lowest BCUT2D eigenvalue weighted by Crippen LogP contribution is -2.37. The van der Waals surface area contributed by atoms with E-state index in [1.807, 2.05) is 34.9 Å². The van der Waals surface area contributed by atoms with Crippen molar-refractivity contribution in [1.82, 2.24) is 24.6 Å². The lowest BCUT2D eigenvalue weighted by molar-refractivity contribution is 0.0821. The summed E-state index contributed by atoms with van der Waals surface area (Å²) in [6.07, 6.45) is 1.70. The molecule has 3 heterocycles. The highest BCUT2D eigenvalue weighted by molar-refractivity contribution is 5.91. The molecule has 1 N–H and O–H groups in total. The maximum absolute atomic E-state index is 12.4. The van der Waals surface area contributed by atoms with E-state index >= 15 is 0 Å². The SMILES string of the molecule is CN(C)C(=O)c1ccc(N2CCC(n3c(=O)[nH]c4ccccc43)CC2)nn1. The van der Waals surface area contributed by atoms with Gasteiger partial charge in [-0.15, -0.1) is 10.2 Å². The van der Waals surface area contributed by atoms with Crippen molar-refractivity contribution in [3.05, 3.63) is 52.6 Å². The number of imidazole rings is 1. The van der Waals surface area contributed by atoms with Crippen molar-refractivity contribution in [2.75, 3.05) is 32.1 Å². The van der Waals surface area contributed by atoms with Gasteiger partial charge in [-0.1, -0.05) is 12.1 Å². The maximum atomic E-state index is 12.4. The number of nitrogens with one attached hydrogen (secondary N) is 1. The number of carbonyl (C=O) groups is 1. The first-order valence-corrected chi connectivity index (χ1v) is 9.04. The summed E-state index contributed by atoms with van der Waals surface area (Å²) in [5.41, 5.74) is 2.11. The monoisotopic (exact) mass is 366 g/mol. The molecule has 4 rings (SSSR count). The molecule has 0 unspecified atom stereocenters. The second-order valence-corrected chi connectivity index (χ2v) is 7.01. The van der Waals surface area contributed by atoms with E-state index < -0.39 is 0 Å². The first-order chi connectivity index (χ1) is 13.0. The standard InChI is InChI=1S/C19H22N6O2/c1-23(2)18(26)15-7-8-17(22-21-15)24-11-9-13(10-12-24)25-16-6-4-3-5-14(16)20-19(25)27/h3-8,13H,9-12H2,1-2H3,(H,20,27). The Balaban J connectivity index is 1.48. The van der Waals surface area contributed by atoms with Crippen LogP contribution in [-0.2, 0) is 0 Å². The number of fused-ring (bicyclic) bond motifs is 1. The van der Waals surface area contributed by atoms with Crippen molar-refractivity contribution in [2.24, 2.45) is 0 Å². The smallest absolute Gasteiger partial charge is 0.326 e. The van der Waals surface area contributed by atoms with Crippen LogP contribution in [0, 0.1) is 0 Å². The third kappa shape index (κ3) is 3.18. The number of piperidine rings is 1. The number of hydrogen-bond donors (Lipinski definition) is 1. The molecule has 1 aliphatic rings. The molecule has 1 fully saturated rings. The number of aromatic nitrogens is 4.